The highest BCUT2D eigenvalue weighted by molar-refractivity contribution is 5.78. The molecule has 1 amide bonds. The van der Waals surface area contributed by atoms with E-state index in [9.17, 15) is 4.79 Å². The molecule has 78 valence electrons. The summed E-state index contributed by atoms with van der Waals surface area (Å²) in [6.07, 6.45) is 2.01. The molecular formula is C10H22N2O. The molecule has 13 heavy (non-hydrogen) atoms. The first-order valence-electron chi connectivity index (χ1n) is 5.03. The standard InChI is InChI=1S/C10H22N2O/c1-5-7-11-8-9(13)12-10(3,4)6-2/h11H,5-8H2,1-4H3,(H,12,13). The second-order valence-electron chi connectivity index (χ2n) is 3.96. The fraction of sp³-hybridized carbons (Fsp3) is 0.900. The third-order valence-corrected chi connectivity index (χ3v) is 2.07. The van der Waals surface area contributed by atoms with Crippen molar-refractivity contribution in [2.75, 3.05) is 13.1 Å². The van der Waals surface area contributed by atoms with Gasteiger partial charge in [0.2, 0.25) is 5.91 Å². The van der Waals surface area contributed by atoms with Gasteiger partial charge in [-0.05, 0) is 33.2 Å². The van der Waals surface area contributed by atoms with Crippen molar-refractivity contribution < 1.29 is 4.79 Å². The molecule has 0 fully saturated rings. The third-order valence-electron chi connectivity index (χ3n) is 2.07. The van der Waals surface area contributed by atoms with Gasteiger partial charge < -0.3 is 10.6 Å². The van der Waals surface area contributed by atoms with Crippen LogP contribution in [0.4, 0.5) is 0 Å². The van der Waals surface area contributed by atoms with Gasteiger partial charge in [-0.2, -0.15) is 0 Å². The smallest absolute Gasteiger partial charge is 0.234 e. The number of hydrogen-bond acceptors (Lipinski definition) is 2. The number of hydrogen-bond donors (Lipinski definition) is 2. The molecule has 0 unspecified atom stereocenters. The van der Waals surface area contributed by atoms with Crippen molar-refractivity contribution in [1.82, 2.24) is 10.6 Å². The fourth-order valence-corrected chi connectivity index (χ4v) is 0.889. The summed E-state index contributed by atoms with van der Waals surface area (Å²) in [5.74, 6) is 0.0836. The average Bonchev–Trinajstić information content (AvgIpc) is 2.04. The van der Waals surface area contributed by atoms with Crippen molar-refractivity contribution in [1.29, 1.82) is 0 Å². The highest BCUT2D eigenvalue weighted by atomic mass is 16.2. The van der Waals surface area contributed by atoms with Gasteiger partial charge in [-0.1, -0.05) is 13.8 Å². The number of nitrogens with one attached hydrogen (secondary N) is 2. The molecule has 0 radical (unpaired) electrons. The summed E-state index contributed by atoms with van der Waals surface area (Å²) in [4.78, 5) is 11.3. The summed E-state index contributed by atoms with van der Waals surface area (Å²) in [5, 5.41) is 6.03. The molecule has 2 N–H and O–H groups in total. The average molecular weight is 186 g/mol. The van der Waals surface area contributed by atoms with Crippen LogP contribution in [0.1, 0.15) is 40.5 Å². The number of amides is 1. The van der Waals surface area contributed by atoms with E-state index in [4.69, 9.17) is 0 Å². The lowest BCUT2D eigenvalue weighted by Gasteiger charge is -2.24. The lowest BCUT2D eigenvalue weighted by atomic mass is 10.0. The molecule has 0 aliphatic rings. The molecule has 0 rings (SSSR count). The van der Waals surface area contributed by atoms with Gasteiger partial charge >= 0.3 is 0 Å². The van der Waals surface area contributed by atoms with E-state index in [1.165, 1.54) is 0 Å². The molecule has 3 heteroatoms. The van der Waals surface area contributed by atoms with Gasteiger partial charge in [0.05, 0.1) is 6.54 Å². The predicted molar refractivity (Wildman–Crippen MR) is 55.7 cm³/mol. The third kappa shape index (κ3) is 6.58. The van der Waals surface area contributed by atoms with Gasteiger partial charge in [0.1, 0.15) is 0 Å². The molecular weight excluding hydrogens is 164 g/mol. The van der Waals surface area contributed by atoms with Crippen LogP contribution in [0, 0.1) is 0 Å². The van der Waals surface area contributed by atoms with Gasteiger partial charge in [0.25, 0.3) is 0 Å². The van der Waals surface area contributed by atoms with Gasteiger partial charge in [0, 0.05) is 5.54 Å². The van der Waals surface area contributed by atoms with E-state index >= 15 is 0 Å². The van der Waals surface area contributed by atoms with Crippen LogP contribution in [0.3, 0.4) is 0 Å². The summed E-state index contributed by atoms with van der Waals surface area (Å²) in [6.45, 7) is 9.55. The monoisotopic (exact) mass is 186 g/mol. The van der Waals surface area contributed by atoms with Crippen molar-refractivity contribution in [3.63, 3.8) is 0 Å². The van der Waals surface area contributed by atoms with Gasteiger partial charge in [-0.15, -0.1) is 0 Å². The Balaban J connectivity index is 3.62. The topological polar surface area (TPSA) is 41.1 Å². The summed E-state index contributed by atoms with van der Waals surface area (Å²) in [5.41, 5.74) is -0.0784. The van der Waals surface area contributed by atoms with Crippen LogP contribution in [0.15, 0.2) is 0 Å². The van der Waals surface area contributed by atoms with Crippen molar-refractivity contribution in [2.24, 2.45) is 0 Å². The maximum absolute atomic E-state index is 11.3. The maximum Gasteiger partial charge on any atom is 0.234 e. The minimum Gasteiger partial charge on any atom is -0.350 e. The predicted octanol–water partition coefficient (Wildman–Crippen LogP) is 1.29. The lowest BCUT2D eigenvalue weighted by molar-refractivity contribution is -0.121. The molecule has 0 saturated heterocycles. The van der Waals surface area contributed by atoms with E-state index in [1.807, 2.05) is 13.8 Å². The summed E-state index contributed by atoms with van der Waals surface area (Å²) < 4.78 is 0. The minimum atomic E-state index is -0.0784. The van der Waals surface area contributed by atoms with Crippen molar-refractivity contribution in [3.8, 4) is 0 Å². The molecule has 0 aliphatic heterocycles. The second kappa shape index (κ2) is 5.97. The van der Waals surface area contributed by atoms with E-state index < -0.39 is 0 Å². The van der Waals surface area contributed by atoms with E-state index in [2.05, 4.69) is 24.5 Å². The van der Waals surface area contributed by atoms with Crippen LogP contribution in [-0.4, -0.2) is 24.5 Å². The van der Waals surface area contributed by atoms with Crippen LogP contribution < -0.4 is 10.6 Å². The Bertz CT molecular complexity index is 155. The molecule has 0 aliphatic carbocycles. The Hall–Kier alpha value is -0.570. The Kier molecular flexibility index (Phi) is 5.71. The summed E-state index contributed by atoms with van der Waals surface area (Å²) >= 11 is 0. The van der Waals surface area contributed by atoms with E-state index in [1.54, 1.807) is 0 Å². The highest BCUT2D eigenvalue weighted by Gasteiger charge is 2.16. The van der Waals surface area contributed by atoms with Crippen LogP contribution in [-0.2, 0) is 4.79 Å². The van der Waals surface area contributed by atoms with Crippen LogP contribution in [0.5, 0.6) is 0 Å². The van der Waals surface area contributed by atoms with Gasteiger partial charge in [-0.25, -0.2) is 0 Å². The van der Waals surface area contributed by atoms with Crippen LogP contribution in [0.25, 0.3) is 0 Å². The number of carbonyl (C=O) groups excluding carboxylic acids is 1. The first kappa shape index (κ1) is 12.4. The molecule has 0 aromatic rings. The molecule has 0 saturated carbocycles. The molecule has 0 spiro atoms. The molecule has 0 aromatic heterocycles. The molecule has 0 bridgehead atoms. The number of rotatable bonds is 6. The first-order chi connectivity index (χ1) is 6.02. The Labute approximate surface area is 81.3 Å². The van der Waals surface area contributed by atoms with E-state index in [0.717, 1.165) is 19.4 Å². The van der Waals surface area contributed by atoms with Crippen LogP contribution >= 0.6 is 0 Å². The molecule has 0 heterocycles. The minimum absolute atomic E-state index is 0.0784. The quantitative estimate of drug-likeness (QED) is 0.614. The van der Waals surface area contributed by atoms with Crippen molar-refractivity contribution in [3.05, 3.63) is 0 Å². The Morgan fingerprint density at radius 3 is 2.38 bits per heavy atom. The van der Waals surface area contributed by atoms with Gasteiger partial charge in [0.15, 0.2) is 0 Å². The molecule has 0 aromatic carbocycles. The highest BCUT2D eigenvalue weighted by Crippen LogP contribution is 2.05. The zero-order valence-electron chi connectivity index (χ0n) is 9.24. The Morgan fingerprint density at radius 2 is 1.92 bits per heavy atom. The Morgan fingerprint density at radius 1 is 1.31 bits per heavy atom. The maximum atomic E-state index is 11.3. The zero-order chi connectivity index (χ0) is 10.3. The number of carbonyl (C=O) groups is 1. The van der Waals surface area contributed by atoms with Crippen LogP contribution in [0.2, 0.25) is 0 Å². The van der Waals surface area contributed by atoms with Crippen molar-refractivity contribution >= 4 is 5.91 Å². The lowest BCUT2D eigenvalue weighted by Crippen LogP contribution is -2.46. The normalized spacial score (nSPS) is 11.4. The summed E-state index contributed by atoms with van der Waals surface area (Å²) in [7, 11) is 0. The van der Waals surface area contributed by atoms with E-state index in [-0.39, 0.29) is 11.4 Å². The molecule has 3 nitrogen and oxygen atoms in total. The fourth-order valence-electron chi connectivity index (χ4n) is 0.889. The second-order valence-corrected chi connectivity index (χ2v) is 3.96. The first-order valence-corrected chi connectivity index (χ1v) is 5.03. The van der Waals surface area contributed by atoms with Gasteiger partial charge in [-0.3, -0.25) is 4.79 Å². The largest absolute Gasteiger partial charge is 0.350 e. The van der Waals surface area contributed by atoms with E-state index in [0.29, 0.717) is 6.54 Å². The summed E-state index contributed by atoms with van der Waals surface area (Å²) in [6, 6.07) is 0. The zero-order valence-corrected chi connectivity index (χ0v) is 9.24. The van der Waals surface area contributed by atoms with Crippen molar-refractivity contribution in [2.45, 2.75) is 46.1 Å². The SMILES string of the molecule is CCCNCC(=O)NC(C)(C)CC. The molecule has 0 atom stereocenters.